The van der Waals surface area contributed by atoms with Gasteiger partial charge in [0.2, 0.25) is 0 Å². The smallest absolute Gasteiger partial charge is 0.170 e. The molecule has 3 rings (SSSR count). The van der Waals surface area contributed by atoms with Crippen LogP contribution < -0.4 is 5.32 Å². The highest BCUT2D eigenvalue weighted by Crippen LogP contribution is 2.27. The second kappa shape index (κ2) is 3.73. The van der Waals surface area contributed by atoms with Gasteiger partial charge in [-0.3, -0.25) is 4.89 Å². The van der Waals surface area contributed by atoms with Crippen LogP contribution in [0.4, 0.5) is 0 Å². The van der Waals surface area contributed by atoms with Gasteiger partial charge in [0.25, 0.3) is 0 Å². The van der Waals surface area contributed by atoms with E-state index in [2.05, 4.69) is 20.4 Å². The van der Waals surface area contributed by atoms with E-state index in [4.69, 9.17) is 4.89 Å². The molecule has 2 atom stereocenters. The molecular formula is C10H15N3O2. The Morgan fingerprint density at radius 3 is 3.33 bits per heavy atom. The van der Waals surface area contributed by atoms with Crippen LogP contribution in [-0.2, 0) is 9.88 Å². The van der Waals surface area contributed by atoms with Crippen molar-refractivity contribution in [1.29, 1.82) is 0 Å². The van der Waals surface area contributed by atoms with Gasteiger partial charge in [-0.25, -0.2) is 0 Å². The molecule has 5 heteroatoms. The average Bonchev–Trinajstić information content (AvgIpc) is 2.78. The Morgan fingerprint density at radius 1 is 1.47 bits per heavy atom. The van der Waals surface area contributed by atoms with Crippen molar-refractivity contribution < 1.29 is 9.88 Å². The van der Waals surface area contributed by atoms with Crippen LogP contribution in [-0.4, -0.2) is 36.3 Å². The van der Waals surface area contributed by atoms with Crippen molar-refractivity contribution in [1.82, 2.24) is 10.2 Å². The maximum atomic E-state index is 4.76. The first-order valence-corrected chi connectivity index (χ1v) is 5.51. The largest absolute Gasteiger partial charge is 0.363 e. The lowest BCUT2D eigenvalue weighted by Gasteiger charge is -2.39. The highest BCUT2D eigenvalue weighted by Gasteiger charge is 2.35. The van der Waals surface area contributed by atoms with Gasteiger partial charge in [-0.1, -0.05) is 0 Å². The van der Waals surface area contributed by atoms with Crippen LogP contribution in [0.25, 0.3) is 0 Å². The SMILES string of the molecule is C1=NOOC=C1N1CCC[C@H]2NCC[C@H]21. The zero-order valence-corrected chi connectivity index (χ0v) is 8.56. The van der Waals surface area contributed by atoms with E-state index in [-0.39, 0.29) is 0 Å². The fraction of sp³-hybridized carbons (Fsp3) is 0.700. The summed E-state index contributed by atoms with van der Waals surface area (Å²) in [6, 6.07) is 1.23. The molecular weight excluding hydrogens is 194 g/mol. The molecule has 0 spiro atoms. The molecule has 3 aliphatic heterocycles. The number of fused-ring (bicyclic) bond motifs is 1. The molecule has 2 saturated heterocycles. The van der Waals surface area contributed by atoms with E-state index in [1.54, 1.807) is 12.5 Å². The number of hydrogen-bond acceptors (Lipinski definition) is 5. The van der Waals surface area contributed by atoms with Gasteiger partial charge in [0, 0.05) is 18.6 Å². The van der Waals surface area contributed by atoms with Crippen molar-refractivity contribution in [3.8, 4) is 0 Å². The molecule has 0 aliphatic carbocycles. The quantitative estimate of drug-likeness (QED) is 0.642. The summed E-state index contributed by atoms with van der Waals surface area (Å²) in [6.07, 6.45) is 7.07. The number of nitrogens with one attached hydrogen (secondary N) is 1. The molecule has 82 valence electrons. The normalized spacial score (nSPS) is 34.1. The number of nitrogens with zero attached hydrogens (tertiary/aromatic N) is 2. The Bertz CT molecular complexity index is 303. The predicted octanol–water partition coefficient (Wildman–Crippen LogP) is 0.602. The summed E-state index contributed by atoms with van der Waals surface area (Å²) in [6.45, 7) is 2.21. The van der Waals surface area contributed by atoms with Crippen molar-refractivity contribution >= 4 is 6.21 Å². The highest BCUT2D eigenvalue weighted by atomic mass is 17.3. The van der Waals surface area contributed by atoms with Crippen molar-refractivity contribution in [3.05, 3.63) is 12.0 Å². The molecule has 0 aromatic heterocycles. The zero-order chi connectivity index (χ0) is 10.1. The van der Waals surface area contributed by atoms with Crippen molar-refractivity contribution in [2.24, 2.45) is 5.16 Å². The molecule has 5 nitrogen and oxygen atoms in total. The predicted molar refractivity (Wildman–Crippen MR) is 54.9 cm³/mol. The van der Waals surface area contributed by atoms with Gasteiger partial charge < -0.3 is 10.2 Å². The van der Waals surface area contributed by atoms with E-state index < -0.39 is 0 Å². The zero-order valence-electron chi connectivity index (χ0n) is 8.56. The fourth-order valence-corrected chi connectivity index (χ4v) is 2.73. The number of piperidine rings is 1. The summed E-state index contributed by atoms with van der Waals surface area (Å²) in [5, 5.41) is 7.21. The number of allylic oxidation sites excluding steroid dienone is 1. The molecule has 0 aromatic carbocycles. The van der Waals surface area contributed by atoms with Gasteiger partial charge in [-0.2, -0.15) is 4.99 Å². The number of hydrogen-bond donors (Lipinski definition) is 1. The first-order chi connectivity index (χ1) is 7.45. The van der Waals surface area contributed by atoms with E-state index >= 15 is 0 Å². The lowest BCUT2D eigenvalue weighted by Crippen LogP contribution is -2.48. The van der Waals surface area contributed by atoms with Gasteiger partial charge in [-0.15, -0.1) is 0 Å². The average molecular weight is 209 g/mol. The molecule has 3 heterocycles. The minimum Gasteiger partial charge on any atom is -0.363 e. The number of oxime groups is 1. The van der Waals surface area contributed by atoms with E-state index in [9.17, 15) is 0 Å². The third-order valence-electron chi connectivity index (χ3n) is 3.40. The Balaban J connectivity index is 1.79. The van der Waals surface area contributed by atoms with E-state index in [1.165, 1.54) is 19.3 Å². The van der Waals surface area contributed by atoms with Crippen LogP contribution in [0.5, 0.6) is 0 Å². The first kappa shape index (κ1) is 9.03. The molecule has 0 unspecified atom stereocenters. The van der Waals surface area contributed by atoms with E-state index in [1.807, 2.05) is 0 Å². The van der Waals surface area contributed by atoms with E-state index in [0.29, 0.717) is 12.1 Å². The third kappa shape index (κ3) is 1.56. The van der Waals surface area contributed by atoms with Crippen LogP contribution in [0.2, 0.25) is 0 Å². The maximum Gasteiger partial charge on any atom is 0.170 e. The number of likely N-dealkylation sites (tertiary alicyclic amines) is 1. The van der Waals surface area contributed by atoms with Gasteiger partial charge >= 0.3 is 0 Å². The highest BCUT2D eigenvalue weighted by molar-refractivity contribution is 5.77. The van der Waals surface area contributed by atoms with E-state index in [0.717, 1.165) is 18.8 Å². The van der Waals surface area contributed by atoms with Crippen LogP contribution in [0.1, 0.15) is 19.3 Å². The standard InChI is InChI=1S/C10H15N3O2/c1-2-9-10(3-4-11-9)13(5-1)8-6-12-15-14-7-8/h6-7,9-11H,1-5H2/t9-,10-/m1/s1. The Labute approximate surface area is 88.6 Å². The molecule has 0 amide bonds. The second-order valence-corrected chi connectivity index (χ2v) is 4.20. The Morgan fingerprint density at radius 2 is 2.47 bits per heavy atom. The molecule has 1 N–H and O–H groups in total. The van der Waals surface area contributed by atoms with Gasteiger partial charge in [0.1, 0.15) is 0 Å². The summed E-state index contributed by atoms with van der Waals surface area (Å²) in [5.74, 6) is 0. The van der Waals surface area contributed by atoms with Gasteiger partial charge in [0.05, 0.1) is 11.9 Å². The Kier molecular flexibility index (Phi) is 2.25. The monoisotopic (exact) mass is 209 g/mol. The van der Waals surface area contributed by atoms with Gasteiger partial charge in [0.15, 0.2) is 6.26 Å². The van der Waals surface area contributed by atoms with Crippen molar-refractivity contribution in [3.63, 3.8) is 0 Å². The second-order valence-electron chi connectivity index (χ2n) is 4.20. The molecule has 3 aliphatic rings. The first-order valence-electron chi connectivity index (χ1n) is 5.51. The summed E-state index contributed by atoms with van der Waals surface area (Å²) in [7, 11) is 0. The van der Waals surface area contributed by atoms with Crippen molar-refractivity contribution in [2.45, 2.75) is 31.3 Å². The molecule has 0 radical (unpaired) electrons. The summed E-state index contributed by atoms with van der Waals surface area (Å²) in [4.78, 5) is 11.6. The van der Waals surface area contributed by atoms with Gasteiger partial charge in [-0.05, 0) is 31.0 Å². The molecule has 0 saturated carbocycles. The number of rotatable bonds is 1. The summed E-state index contributed by atoms with van der Waals surface area (Å²) < 4.78 is 0. The third-order valence-corrected chi connectivity index (χ3v) is 3.40. The molecule has 0 aromatic rings. The molecule has 15 heavy (non-hydrogen) atoms. The lowest BCUT2D eigenvalue weighted by molar-refractivity contribution is -0.253. The summed E-state index contributed by atoms with van der Waals surface area (Å²) >= 11 is 0. The molecule has 0 bridgehead atoms. The van der Waals surface area contributed by atoms with Crippen LogP contribution in [0, 0.1) is 0 Å². The molecule has 2 fully saturated rings. The minimum atomic E-state index is 0.596. The topological polar surface area (TPSA) is 46.1 Å². The van der Waals surface area contributed by atoms with Crippen LogP contribution in [0.3, 0.4) is 0 Å². The van der Waals surface area contributed by atoms with Crippen molar-refractivity contribution in [2.75, 3.05) is 13.1 Å². The lowest BCUT2D eigenvalue weighted by atomic mass is 9.97. The summed E-state index contributed by atoms with van der Waals surface area (Å²) in [5.41, 5.74) is 1.03. The minimum absolute atomic E-state index is 0.596. The van der Waals surface area contributed by atoms with Crippen LogP contribution in [0.15, 0.2) is 17.1 Å². The maximum absolute atomic E-state index is 4.76. The fourth-order valence-electron chi connectivity index (χ4n) is 2.73. The van der Waals surface area contributed by atoms with Crippen LogP contribution >= 0.6 is 0 Å². The Hall–Kier alpha value is -1.23.